The van der Waals surface area contributed by atoms with Crippen LogP contribution in [0, 0.1) is 11.8 Å². The van der Waals surface area contributed by atoms with Gasteiger partial charge in [-0.05, 0) is 43.5 Å². The maximum atomic E-state index is 13.4. The number of imidazole rings is 1. The second-order valence-corrected chi connectivity index (χ2v) is 13.6. The maximum absolute atomic E-state index is 13.4. The van der Waals surface area contributed by atoms with Crippen LogP contribution in [0.2, 0.25) is 0 Å². The normalized spacial score (nSPS) is 32.2. The number of benzene rings is 1. The van der Waals surface area contributed by atoms with Crippen LogP contribution in [0.25, 0.3) is 0 Å². The summed E-state index contributed by atoms with van der Waals surface area (Å²) in [5.41, 5.74) is 4.85. The first kappa shape index (κ1) is 27.5. The van der Waals surface area contributed by atoms with Gasteiger partial charge in [0, 0.05) is 44.1 Å². The van der Waals surface area contributed by atoms with E-state index in [1.807, 2.05) is 6.20 Å². The molecule has 2 amide bonds. The van der Waals surface area contributed by atoms with Crippen molar-refractivity contribution in [1.82, 2.24) is 35.6 Å². The highest BCUT2D eigenvalue weighted by atomic mass is 32.2. The van der Waals surface area contributed by atoms with Gasteiger partial charge in [0.25, 0.3) is 5.91 Å². The Morgan fingerprint density at radius 3 is 2.83 bits per heavy atom. The van der Waals surface area contributed by atoms with Crippen molar-refractivity contribution in [3.05, 3.63) is 41.7 Å². The fourth-order valence-electron chi connectivity index (χ4n) is 5.91. The SMILES string of the molecule is COC1NCC2CC1NS(=O)(=O)c1cccc(c1)C(=O)NCC(=O)NCC1CNCC(C1)c1cnc3n1NC2S3. The molecule has 2 saturated heterocycles. The van der Waals surface area contributed by atoms with E-state index in [1.54, 1.807) is 18.9 Å². The maximum Gasteiger partial charge on any atom is 0.251 e. The Morgan fingerprint density at radius 2 is 1.98 bits per heavy atom. The Hall–Kier alpha value is -2.69. The third-order valence-electron chi connectivity index (χ3n) is 8.00. The molecule has 2 fully saturated rings. The van der Waals surface area contributed by atoms with E-state index in [-0.39, 0.29) is 46.0 Å². The molecule has 6 N–H and O–H groups in total. The third-order valence-corrected chi connectivity index (χ3v) is 10.7. The molecule has 1 aromatic carbocycles. The van der Waals surface area contributed by atoms with Crippen molar-refractivity contribution in [3.63, 3.8) is 0 Å². The summed E-state index contributed by atoms with van der Waals surface area (Å²) in [6, 6.07) is 5.25. The summed E-state index contributed by atoms with van der Waals surface area (Å²) in [4.78, 5) is 29.9. The van der Waals surface area contributed by atoms with Gasteiger partial charge in [-0.25, -0.2) is 22.8 Å². The van der Waals surface area contributed by atoms with E-state index < -0.39 is 28.2 Å². The standard InChI is InChI=1S/C25H34N8O5S2/c1-38-23-19-7-17(11-29-23)24-31-33-20(12-30-25(33)39-24)16-5-14(8-26-10-16)9-27-21(34)13-28-22(35)15-3-2-4-18(6-15)40(36,37)32-19/h2-4,6,12,14,16-17,19,23-24,26,29,31-32H,5,7-11,13H2,1H3,(H,27,34)(H,28,35). The number of sulfonamides is 1. The number of carbonyl (C=O) groups is 2. The van der Waals surface area contributed by atoms with E-state index in [0.29, 0.717) is 19.5 Å². The largest absolute Gasteiger partial charge is 0.365 e. The lowest BCUT2D eigenvalue weighted by molar-refractivity contribution is -0.120. The Morgan fingerprint density at radius 1 is 1.10 bits per heavy atom. The number of carbonyl (C=O) groups excluding carboxylic acids is 2. The van der Waals surface area contributed by atoms with Crippen molar-refractivity contribution in [2.45, 2.75) is 46.5 Å². The predicted molar refractivity (Wildman–Crippen MR) is 148 cm³/mol. The van der Waals surface area contributed by atoms with Gasteiger partial charge in [-0.1, -0.05) is 17.8 Å². The van der Waals surface area contributed by atoms with E-state index in [2.05, 4.69) is 41.1 Å². The average molecular weight is 591 g/mol. The van der Waals surface area contributed by atoms with Crippen LogP contribution in [-0.4, -0.2) is 87.4 Å². The second kappa shape index (κ2) is 11.3. The number of nitrogens with one attached hydrogen (secondary N) is 6. The van der Waals surface area contributed by atoms with Gasteiger partial charge in [0.1, 0.15) is 6.23 Å². The number of amides is 2. The van der Waals surface area contributed by atoms with Gasteiger partial charge in [-0.2, -0.15) is 0 Å². The molecule has 5 heterocycles. The van der Waals surface area contributed by atoms with Crippen LogP contribution in [0.15, 0.2) is 40.5 Å². The van der Waals surface area contributed by atoms with Gasteiger partial charge in [-0.15, -0.1) is 0 Å². The monoisotopic (exact) mass is 590 g/mol. The van der Waals surface area contributed by atoms with Crippen molar-refractivity contribution in [2.75, 3.05) is 45.3 Å². The molecule has 6 atom stereocenters. The van der Waals surface area contributed by atoms with Crippen molar-refractivity contribution in [1.29, 1.82) is 0 Å². The number of methoxy groups -OCH3 is 1. The summed E-state index contributed by atoms with van der Waals surface area (Å²) in [7, 11) is -2.44. The zero-order valence-electron chi connectivity index (χ0n) is 22.1. The molecule has 4 aliphatic rings. The molecular weight excluding hydrogens is 556 g/mol. The molecule has 8 bridgehead atoms. The highest BCUT2D eigenvalue weighted by Gasteiger charge is 2.41. The van der Waals surface area contributed by atoms with Gasteiger partial charge in [0.15, 0.2) is 5.16 Å². The fraction of sp³-hybridized carbons (Fsp3) is 0.560. The van der Waals surface area contributed by atoms with Crippen LogP contribution in [0.1, 0.15) is 34.8 Å². The number of hydrogen-bond donors (Lipinski definition) is 6. The number of fused-ring (bicyclic) bond motifs is 9. The van der Waals surface area contributed by atoms with Crippen molar-refractivity contribution in [3.8, 4) is 0 Å². The van der Waals surface area contributed by atoms with Crippen LogP contribution >= 0.6 is 11.8 Å². The first-order valence-corrected chi connectivity index (χ1v) is 15.8. The summed E-state index contributed by atoms with van der Waals surface area (Å²) in [6.07, 6.45) is 2.83. The zero-order valence-corrected chi connectivity index (χ0v) is 23.7. The van der Waals surface area contributed by atoms with Crippen molar-refractivity contribution < 1.29 is 22.7 Å². The van der Waals surface area contributed by atoms with Crippen LogP contribution in [-0.2, 0) is 19.6 Å². The number of thioether (sulfide) groups is 1. The zero-order chi connectivity index (χ0) is 27.9. The molecule has 2 aromatic rings. The van der Waals surface area contributed by atoms with Crippen LogP contribution in [0.3, 0.4) is 0 Å². The molecule has 0 saturated carbocycles. The predicted octanol–water partition coefficient (Wildman–Crippen LogP) is -0.660. The number of aromatic nitrogens is 2. The fourth-order valence-corrected chi connectivity index (χ4v) is 8.37. The lowest BCUT2D eigenvalue weighted by Crippen LogP contribution is -2.58. The molecule has 0 spiro atoms. The molecule has 0 radical (unpaired) electrons. The minimum Gasteiger partial charge on any atom is -0.365 e. The number of rotatable bonds is 1. The molecule has 0 aliphatic carbocycles. The summed E-state index contributed by atoms with van der Waals surface area (Å²) >= 11 is 1.64. The average Bonchev–Trinajstić information content (AvgIpc) is 3.56. The summed E-state index contributed by atoms with van der Waals surface area (Å²) in [6.45, 7) is 2.52. The molecule has 1 aromatic heterocycles. The van der Waals surface area contributed by atoms with Gasteiger partial charge >= 0.3 is 0 Å². The van der Waals surface area contributed by atoms with E-state index in [1.165, 1.54) is 24.3 Å². The van der Waals surface area contributed by atoms with Crippen LogP contribution in [0.4, 0.5) is 0 Å². The third kappa shape index (κ3) is 5.58. The van der Waals surface area contributed by atoms with Crippen LogP contribution in [0.5, 0.6) is 0 Å². The van der Waals surface area contributed by atoms with E-state index >= 15 is 0 Å². The Bertz CT molecular complexity index is 1380. The smallest absolute Gasteiger partial charge is 0.251 e. The summed E-state index contributed by atoms with van der Waals surface area (Å²) in [5.74, 6) is -0.305. The van der Waals surface area contributed by atoms with Crippen LogP contribution < -0.4 is 31.4 Å². The Labute approximate surface area is 237 Å². The van der Waals surface area contributed by atoms with Gasteiger partial charge in [0.05, 0.1) is 34.7 Å². The Kier molecular flexibility index (Phi) is 7.76. The lowest BCUT2D eigenvalue weighted by atomic mass is 9.88. The van der Waals surface area contributed by atoms with Gasteiger partial charge in [0.2, 0.25) is 15.9 Å². The van der Waals surface area contributed by atoms with Gasteiger partial charge in [-0.3, -0.25) is 14.9 Å². The van der Waals surface area contributed by atoms with E-state index in [0.717, 1.165) is 30.4 Å². The molecule has 6 rings (SSSR count). The number of ether oxygens (including phenoxy) is 1. The molecule has 13 nitrogen and oxygen atoms in total. The summed E-state index contributed by atoms with van der Waals surface area (Å²) < 4.78 is 37.3. The topological polar surface area (TPSA) is 168 Å². The van der Waals surface area contributed by atoms with Gasteiger partial charge < -0.3 is 26.1 Å². The minimum atomic E-state index is -3.98. The van der Waals surface area contributed by atoms with Crippen molar-refractivity contribution >= 4 is 33.6 Å². The second-order valence-electron chi connectivity index (χ2n) is 10.7. The Balaban J connectivity index is 1.29. The first-order chi connectivity index (χ1) is 19.3. The molecule has 40 heavy (non-hydrogen) atoms. The molecule has 4 aliphatic heterocycles. The highest BCUT2D eigenvalue weighted by Crippen LogP contribution is 2.38. The molecule has 6 unspecified atom stereocenters. The highest BCUT2D eigenvalue weighted by molar-refractivity contribution is 8.00. The number of nitrogens with zero attached hydrogens (tertiary/aromatic N) is 2. The summed E-state index contributed by atoms with van der Waals surface area (Å²) in [5, 5.41) is 13.2. The lowest BCUT2D eigenvalue weighted by Gasteiger charge is -2.38. The molecule has 216 valence electrons. The quantitative estimate of drug-likeness (QED) is 0.251. The number of hydrogen-bond acceptors (Lipinski definition) is 10. The molecular formula is C25H34N8O5S2. The van der Waals surface area contributed by atoms with E-state index in [4.69, 9.17) is 4.74 Å². The minimum absolute atomic E-state index is 0.00692. The molecule has 15 heteroatoms. The van der Waals surface area contributed by atoms with Crippen molar-refractivity contribution in [2.24, 2.45) is 11.8 Å². The first-order valence-electron chi connectivity index (χ1n) is 13.5. The number of piperidine rings is 2. The van der Waals surface area contributed by atoms with E-state index in [9.17, 15) is 18.0 Å².